The molecule has 0 unspecified atom stereocenters. The quantitative estimate of drug-likeness (QED) is 0.518. The fourth-order valence-electron chi connectivity index (χ4n) is 2.90. The molecular weight excluding hydrogens is 306 g/mol. The highest BCUT2D eigenvalue weighted by atomic mass is 16.3. The minimum atomic E-state index is 0.261. The number of aromatic nitrogens is 1. The second-order valence-electron chi connectivity index (χ2n) is 5.91. The number of phenols is 1. The van der Waals surface area contributed by atoms with E-state index in [-0.39, 0.29) is 5.75 Å². The standard InChI is InChI=1S/C23H17NO/c25-21-13-7-12-19(14-21)20-15-22(17-8-3-1-4-9-17)24-23(16-20)18-10-5-2-6-11-18/h1-16,25H. The number of aromatic hydroxyl groups is 1. The third-order valence-electron chi connectivity index (χ3n) is 4.14. The monoisotopic (exact) mass is 323 g/mol. The summed E-state index contributed by atoms with van der Waals surface area (Å²) in [4.78, 5) is 4.86. The summed E-state index contributed by atoms with van der Waals surface area (Å²) >= 11 is 0. The van der Waals surface area contributed by atoms with Crippen molar-refractivity contribution in [3.8, 4) is 39.4 Å². The van der Waals surface area contributed by atoms with Crippen LogP contribution in [0.3, 0.4) is 0 Å². The molecule has 0 amide bonds. The Balaban J connectivity index is 1.92. The highest BCUT2D eigenvalue weighted by Crippen LogP contribution is 2.31. The van der Waals surface area contributed by atoms with Gasteiger partial charge in [0.1, 0.15) is 5.75 Å². The minimum absolute atomic E-state index is 0.261. The number of hydrogen-bond acceptors (Lipinski definition) is 2. The molecule has 0 spiro atoms. The SMILES string of the molecule is Oc1cccc(-c2cc(-c3ccccc3)nc(-c3ccccc3)c2)c1. The van der Waals surface area contributed by atoms with Gasteiger partial charge in [0.25, 0.3) is 0 Å². The summed E-state index contributed by atoms with van der Waals surface area (Å²) in [6.07, 6.45) is 0. The van der Waals surface area contributed by atoms with Crippen LogP contribution in [-0.4, -0.2) is 10.1 Å². The summed E-state index contributed by atoms with van der Waals surface area (Å²) in [5, 5.41) is 9.83. The van der Waals surface area contributed by atoms with Crippen molar-refractivity contribution in [3.63, 3.8) is 0 Å². The fourth-order valence-corrected chi connectivity index (χ4v) is 2.90. The Morgan fingerprint density at radius 3 is 1.52 bits per heavy atom. The van der Waals surface area contributed by atoms with Gasteiger partial charge in [0.2, 0.25) is 0 Å². The highest BCUT2D eigenvalue weighted by molar-refractivity contribution is 5.76. The first-order valence-electron chi connectivity index (χ1n) is 8.22. The first-order valence-corrected chi connectivity index (χ1v) is 8.22. The number of hydrogen-bond donors (Lipinski definition) is 1. The average molecular weight is 323 g/mol. The van der Waals surface area contributed by atoms with Crippen molar-refractivity contribution in [3.05, 3.63) is 97.1 Å². The van der Waals surface area contributed by atoms with Crippen LogP contribution in [0.15, 0.2) is 97.1 Å². The molecule has 0 aliphatic heterocycles. The van der Waals surface area contributed by atoms with Crippen LogP contribution in [0.2, 0.25) is 0 Å². The maximum absolute atomic E-state index is 9.83. The van der Waals surface area contributed by atoms with Gasteiger partial charge in [-0.1, -0.05) is 72.8 Å². The second kappa shape index (κ2) is 6.62. The molecule has 0 radical (unpaired) electrons. The molecule has 1 aromatic heterocycles. The molecule has 0 saturated heterocycles. The van der Waals surface area contributed by atoms with Crippen LogP contribution in [0.1, 0.15) is 0 Å². The van der Waals surface area contributed by atoms with E-state index in [1.54, 1.807) is 12.1 Å². The molecule has 1 N–H and O–H groups in total. The summed E-state index contributed by atoms with van der Waals surface area (Å²) in [6, 6.07) is 31.7. The van der Waals surface area contributed by atoms with Crippen LogP contribution >= 0.6 is 0 Å². The minimum Gasteiger partial charge on any atom is -0.508 e. The first kappa shape index (κ1) is 15.2. The summed E-state index contributed by atoms with van der Waals surface area (Å²) < 4.78 is 0. The van der Waals surface area contributed by atoms with Crippen molar-refractivity contribution >= 4 is 0 Å². The lowest BCUT2D eigenvalue weighted by molar-refractivity contribution is 0.475. The van der Waals surface area contributed by atoms with E-state index >= 15 is 0 Å². The van der Waals surface area contributed by atoms with Gasteiger partial charge in [0, 0.05) is 11.1 Å². The van der Waals surface area contributed by atoms with Crippen LogP contribution in [0.4, 0.5) is 0 Å². The Morgan fingerprint density at radius 1 is 0.480 bits per heavy atom. The number of benzene rings is 3. The van der Waals surface area contributed by atoms with Gasteiger partial charge in [-0.05, 0) is 35.4 Å². The summed E-state index contributed by atoms with van der Waals surface area (Å²) in [5.41, 5.74) is 5.98. The molecule has 4 rings (SSSR count). The fraction of sp³-hybridized carbons (Fsp3) is 0. The second-order valence-corrected chi connectivity index (χ2v) is 5.91. The molecule has 2 heteroatoms. The molecule has 4 aromatic rings. The van der Waals surface area contributed by atoms with Gasteiger partial charge in [-0.25, -0.2) is 4.98 Å². The molecule has 2 nitrogen and oxygen atoms in total. The van der Waals surface area contributed by atoms with Gasteiger partial charge in [-0.15, -0.1) is 0 Å². The topological polar surface area (TPSA) is 33.1 Å². The van der Waals surface area contributed by atoms with Crippen molar-refractivity contribution in [2.75, 3.05) is 0 Å². The summed E-state index contributed by atoms with van der Waals surface area (Å²) in [5.74, 6) is 0.261. The number of pyridine rings is 1. The lowest BCUT2D eigenvalue weighted by Crippen LogP contribution is -1.91. The predicted octanol–water partition coefficient (Wildman–Crippen LogP) is 5.79. The molecule has 0 aliphatic carbocycles. The first-order chi connectivity index (χ1) is 12.3. The van der Waals surface area contributed by atoms with E-state index in [2.05, 4.69) is 36.4 Å². The number of rotatable bonds is 3. The maximum Gasteiger partial charge on any atom is 0.116 e. The Labute approximate surface area is 147 Å². The van der Waals surface area contributed by atoms with Crippen LogP contribution in [0.25, 0.3) is 33.6 Å². The molecule has 0 saturated carbocycles. The van der Waals surface area contributed by atoms with E-state index in [4.69, 9.17) is 4.98 Å². The average Bonchev–Trinajstić information content (AvgIpc) is 2.69. The van der Waals surface area contributed by atoms with Crippen molar-refractivity contribution < 1.29 is 5.11 Å². The Hall–Kier alpha value is -3.39. The van der Waals surface area contributed by atoms with Crippen molar-refractivity contribution in [1.82, 2.24) is 4.98 Å². The van der Waals surface area contributed by atoms with Gasteiger partial charge >= 0.3 is 0 Å². The van der Waals surface area contributed by atoms with Crippen LogP contribution in [0.5, 0.6) is 5.75 Å². The lowest BCUT2D eigenvalue weighted by atomic mass is 10.00. The normalized spacial score (nSPS) is 10.6. The van der Waals surface area contributed by atoms with Crippen LogP contribution < -0.4 is 0 Å². The van der Waals surface area contributed by atoms with E-state index in [0.29, 0.717) is 0 Å². The molecule has 120 valence electrons. The molecule has 0 fully saturated rings. The van der Waals surface area contributed by atoms with E-state index in [9.17, 15) is 5.11 Å². The Morgan fingerprint density at radius 2 is 1.00 bits per heavy atom. The third kappa shape index (κ3) is 3.29. The van der Waals surface area contributed by atoms with Crippen LogP contribution in [-0.2, 0) is 0 Å². The molecule has 1 heterocycles. The number of nitrogens with zero attached hydrogens (tertiary/aromatic N) is 1. The third-order valence-corrected chi connectivity index (χ3v) is 4.14. The molecule has 0 atom stereocenters. The van der Waals surface area contributed by atoms with Gasteiger partial charge < -0.3 is 5.11 Å². The largest absolute Gasteiger partial charge is 0.508 e. The Bertz CT molecular complexity index is 937. The molecule has 0 aliphatic rings. The summed E-state index contributed by atoms with van der Waals surface area (Å²) in [7, 11) is 0. The van der Waals surface area contributed by atoms with Gasteiger partial charge in [-0.2, -0.15) is 0 Å². The zero-order chi connectivity index (χ0) is 17.1. The van der Waals surface area contributed by atoms with Gasteiger partial charge in [0.05, 0.1) is 11.4 Å². The maximum atomic E-state index is 9.83. The van der Waals surface area contributed by atoms with E-state index in [1.165, 1.54) is 0 Å². The molecule has 3 aromatic carbocycles. The lowest BCUT2D eigenvalue weighted by Gasteiger charge is -2.10. The van der Waals surface area contributed by atoms with E-state index in [1.807, 2.05) is 48.5 Å². The zero-order valence-electron chi connectivity index (χ0n) is 13.6. The van der Waals surface area contributed by atoms with Crippen LogP contribution in [0, 0.1) is 0 Å². The summed E-state index contributed by atoms with van der Waals surface area (Å²) in [6.45, 7) is 0. The number of phenolic OH excluding ortho intramolecular Hbond substituents is 1. The molecule has 25 heavy (non-hydrogen) atoms. The predicted molar refractivity (Wildman–Crippen MR) is 102 cm³/mol. The van der Waals surface area contributed by atoms with Gasteiger partial charge in [0.15, 0.2) is 0 Å². The molecule has 0 bridgehead atoms. The van der Waals surface area contributed by atoms with Gasteiger partial charge in [-0.3, -0.25) is 0 Å². The van der Waals surface area contributed by atoms with Crippen molar-refractivity contribution in [2.45, 2.75) is 0 Å². The van der Waals surface area contributed by atoms with E-state index in [0.717, 1.165) is 33.6 Å². The van der Waals surface area contributed by atoms with Crippen molar-refractivity contribution in [1.29, 1.82) is 0 Å². The van der Waals surface area contributed by atoms with Crippen molar-refractivity contribution in [2.24, 2.45) is 0 Å². The zero-order valence-corrected chi connectivity index (χ0v) is 13.6. The highest BCUT2D eigenvalue weighted by Gasteiger charge is 2.09. The van der Waals surface area contributed by atoms with E-state index < -0.39 is 0 Å². The smallest absolute Gasteiger partial charge is 0.116 e. The molecular formula is C23H17NO. The Kier molecular flexibility index (Phi) is 4.01.